The van der Waals surface area contributed by atoms with Gasteiger partial charge in [0.05, 0.1) is 11.7 Å². The number of ether oxygens (including phenoxy) is 1. The van der Waals surface area contributed by atoms with Gasteiger partial charge in [0.15, 0.2) is 12.4 Å². The number of benzene rings is 2. The summed E-state index contributed by atoms with van der Waals surface area (Å²) in [6.45, 7) is 1.50. The van der Waals surface area contributed by atoms with Gasteiger partial charge in [0.25, 0.3) is 0 Å². The highest BCUT2D eigenvalue weighted by atomic mass is 32.2. The summed E-state index contributed by atoms with van der Waals surface area (Å²) in [5, 5.41) is 2.77. The first-order chi connectivity index (χ1) is 13.5. The first-order valence-corrected chi connectivity index (χ1v) is 10.4. The molecule has 1 amide bonds. The number of aryl methyl sites for hydroxylation is 2. The van der Waals surface area contributed by atoms with E-state index in [1.807, 2.05) is 6.07 Å². The molecular formula is C22H21NO4S. The molecule has 2 aliphatic rings. The number of esters is 1. The van der Waals surface area contributed by atoms with Crippen LogP contribution in [0.2, 0.25) is 0 Å². The standard InChI is InChI=1S/C22H21NO4S/c1-13-18-10-16(6-8-19(18)23-22(13)26)20(24)11-27-21(25)12-28-17-7-5-14-3-2-4-15(14)9-17/h5-10,13H,2-4,11-12H2,1H3,(H,23,26)/t13-/m1/s1. The topological polar surface area (TPSA) is 72.5 Å². The highest BCUT2D eigenvalue weighted by Gasteiger charge is 2.27. The van der Waals surface area contributed by atoms with E-state index < -0.39 is 5.97 Å². The maximum absolute atomic E-state index is 12.3. The van der Waals surface area contributed by atoms with Crippen molar-refractivity contribution in [1.29, 1.82) is 0 Å². The number of ketones is 1. The third-order valence-electron chi connectivity index (χ3n) is 5.28. The van der Waals surface area contributed by atoms with E-state index in [0.717, 1.165) is 29.0 Å². The monoisotopic (exact) mass is 395 g/mol. The summed E-state index contributed by atoms with van der Waals surface area (Å²) in [4.78, 5) is 37.1. The highest BCUT2D eigenvalue weighted by Crippen LogP contribution is 2.33. The van der Waals surface area contributed by atoms with Crippen molar-refractivity contribution in [3.05, 3.63) is 58.7 Å². The number of fused-ring (bicyclic) bond motifs is 2. The molecule has 28 heavy (non-hydrogen) atoms. The van der Waals surface area contributed by atoms with E-state index in [2.05, 4.69) is 17.4 Å². The number of carbonyl (C=O) groups is 3. The molecule has 2 aromatic carbocycles. The number of hydrogen-bond acceptors (Lipinski definition) is 5. The van der Waals surface area contributed by atoms with Crippen LogP contribution in [-0.4, -0.2) is 30.0 Å². The molecule has 0 saturated carbocycles. The van der Waals surface area contributed by atoms with Crippen LogP contribution in [0.4, 0.5) is 5.69 Å². The number of Topliss-reactive ketones (excluding diaryl/α,β-unsaturated/α-hetero) is 1. The van der Waals surface area contributed by atoms with Crippen LogP contribution in [0, 0.1) is 0 Å². The van der Waals surface area contributed by atoms with E-state index in [9.17, 15) is 14.4 Å². The minimum atomic E-state index is -0.412. The fourth-order valence-corrected chi connectivity index (χ4v) is 4.40. The lowest BCUT2D eigenvalue weighted by atomic mass is 9.99. The Kier molecular flexibility index (Phi) is 5.22. The maximum atomic E-state index is 12.3. The zero-order valence-electron chi connectivity index (χ0n) is 15.6. The van der Waals surface area contributed by atoms with Crippen LogP contribution in [0.3, 0.4) is 0 Å². The Morgan fingerprint density at radius 1 is 1.14 bits per heavy atom. The quantitative estimate of drug-likeness (QED) is 0.458. The van der Waals surface area contributed by atoms with Gasteiger partial charge in [-0.2, -0.15) is 0 Å². The van der Waals surface area contributed by atoms with Crippen LogP contribution in [0.5, 0.6) is 0 Å². The number of thioether (sulfide) groups is 1. The van der Waals surface area contributed by atoms with Crippen LogP contribution in [0.1, 0.15) is 46.3 Å². The van der Waals surface area contributed by atoms with Crippen molar-refractivity contribution >= 4 is 35.1 Å². The fourth-order valence-electron chi connectivity index (χ4n) is 3.64. The van der Waals surface area contributed by atoms with Gasteiger partial charge in [-0.25, -0.2) is 0 Å². The van der Waals surface area contributed by atoms with E-state index in [0.29, 0.717) is 5.56 Å². The van der Waals surface area contributed by atoms with Gasteiger partial charge in [-0.15, -0.1) is 11.8 Å². The molecule has 0 fully saturated rings. The Labute approximate surface area is 167 Å². The highest BCUT2D eigenvalue weighted by molar-refractivity contribution is 8.00. The van der Waals surface area contributed by atoms with Gasteiger partial charge < -0.3 is 10.1 Å². The molecule has 0 spiro atoms. The summed E-state index contributed by atoms with van der Waals surface area (Å²) >= 11 is 1.43. The van der Waals surface area contributed by atoms with Gasteiger partial charge in [-0.05, 0) is 73.2 Å². The second-order valence-electron chi connectivity index (χ2n) is 7.17. The van der Waals surface area contributed by atoms with Gasteiger partial charge in [0.1, 0.15) is 0 Å². The van der Waals surface area contributed by atoms with E-state index in [-0.39, 0.29) is 30.0 Å². The Bertz CT molecular complexity index is 969. The van der Waals surface area contributed by atoms with Crippen LogP contribution in [0.25, 0.3) is 0 Å². The zero-order valence-corrected chi connectivity index (χ0v) is 16.4. The molecular weight excluding hydrogens is 374 g/mol. The Balaban J connectivity index is 1.29. The molecule has 0 bridgehead atoms. The summed E-state index contributed by atoms with van der Waals surface area (Å²) < 4.78 is 5.15. The molecule has 4 rings (SSSR count). The number of carbonyl (C=O) groups excluding carboxylic acids is 3. The van der Waals surface area contributed by atoms with Crippen molar-refractivity contribution in [1.82, 2.24) is 0 Å². The molecule has 0 aromatic heterocycles. The summed E-state index contributed by atoms with van der Waals surface area (Å²) in [6, 6.07) is 11.4. The largest absolute Gasteiger partial charge is 0.457 e. The fraction of sp³-hybridized carbons (Fsp3) is 0.318. The third-order valence-corrected chi connectivity index (χ3v) is 6.25. The lowest BCUT2D eigenvalue weighted by molar-refractivity contribution is -0.139. The van der Waals surface area contributed by atoms with Gasteiger partial charge in [-0.1, -0.05) is 6.07 Å². The van der Waals surface area contributed by atoms with Gasteiger partial charge in [0, 0.05) is 16.1 Å². The van der Waals surface area contributed by atoms with Crippen molar-refractivity contribution in [2.24, 2.45) is 0 Å². The summed E-state index contributed by atoms with van der Waals surface area (Å²) in [5.41, 5.74) is 4.75. The van der Waals surface area contributed by atoms with Gasteiger partial charge >= 0.3 is 5.97 Å². The molecule has 1 heterocycles. The van der Waals surface area contributed by atoms with E-state index in [1.54, 1.807) is 25.1 Å². The molecule has 5 nitrogen and oxygen atoms in total. The smallest absolute Gasteiger partial charge is 0.316 e. The molecule has 144 valence electrons. The van der Waals surface area contributed by atoms with Gasteiger partial charge in [0.2, 0.25) is 5.91 Å². The molecule has 0 saturated heterocycles. The molecule has 1 aliphatic carbocycles. The van der Waals surface area contributed by atoms with Crippen molar-refractivity contribution in [3.8, 4) is 0 Å². The van der Waals surface area contributed by atoms with E-state index >= 15 is 0 Å². The molecule has 0 unspecified atom stereocenters. The van der Waals surface area contributed by atoms with Crippen molar-refractivity contribution in [3.63, 3.8) is 0 Å². The summed E-state index contributed by atoms with van der Waals surface area (Å²) in [6.07, 6.45) is 3.43. The van der Waals surface area contributed by atoms with Crippen LogP contribution < -0.4 is 5.32 Å². The maximum Gasteiger partial charge on any atom is 0.316 e. The van der Waals surface area contributed by atoms with E-state index in [1.165, 1.54) is 29.3 Å². The number of nitrogens with one attached hydrogen (secondary N) is 1. The number of anilines is 1. The molecule has 6 heteroatoms. The van der Waals surface area contributed by atoms with Crippen molar-refractivity contribution in [2.75, 3.05) is 17.7 Å². The number of hydrogen-bond donors (Lipinski definition) is 1. The first kappa shape index (κ1) is 18.7. The first-order valence-electron chi connectivity index (χ1n) is 9.39. The normalized spacial score (nSPS) is 17.0. The number of rotatable bonds is 6. The third kappa shape index (κ3) is 3.83. The van der Waals surface area contributed by atoms with Crippen LogP contribution >= 0.6 is 11.8 Å². The Hall–Kier alpha value is -2.60. The minimum absolute atomic E-state index is 0.0744. The van der Waals surface area contributed by atoms with Crippen molar-refractivity contribution in [2.45, 2.75) is 37.0 Å². The molecule has 2 aromatic rings. The average Bonchev–Trinajstić information content (AvgIpc) is 3.28. The lowest BCUT2D eigenvalue weighted by Gasteiger charge is -2.07. The van der Waals surface area contributed by atoms with Crippen molar-refractivity contribution < 1.29 is 19.1 Å². The van der Waals surface area contributed by atoms with E-state index in [4.69, 9.17) is 4.74 Å². The zero-order chi connectivity index (χ0) is 19.7. The van der Waals surface area contributed by atoms with Crippen LogP contribution in [0.15, 0.2) is 41.3 Å². The number of amides is 1. The molecule has 1 aliphatic heterocycles. The minimum Gasteiger partial charge on any atom is -0.457 e. The second kappa shape index (κ2) is 7.80. The predicted molar refractivity (Wildman–Crippen MR) is 108 cm³/mol. The second-order valence-corrected chi connectivity index (χ2v) is 8.22. The lowest BCUT2D eigenvalue weighted by Crippen LogP contribution is -2.15. The average molecular weight is 395 g/mol. The SMILES string of the molecule is C[C@H]1C(=O)Nc2ccc(C(=O)COC(=O)CSc3ccc4c(c3)CCC4)cc21. The molecule has 1 N–H and O–H groups in total. The van der Waals surface area contributed by atoms with Crippen LogP contribution in [-0.2, 0) is 27.2 Å². The summed E-state index contributed by atoms with van der Waals surface area (Å²) in [7, 11) is 0. The Morgan fingerprint density at radius 3 is 2.82 bits per heavy atom. The van der Waals surface area contributed by atoms with Gasteiger partial charge in [-0.3, -0.25) is 14.4 Å². The predicted octanol–water partition coefficient (Wildman–Crippen LogP) is 3.75. The summed E-state index contributed by atoms with van der Waals surface area (Å²) in [5.74, 6) is -0.870. The molecule has 1 atom stereocenters. The molecule has 0 radical (unpaired) electrons. The Morgan fingerprint density at radius 2 is 1.96 bits per heavy atom.